The topological polar surface area (TPSA) is 66.8 Å². The lowest BCUT2D eigenvalue weighted by molar-refractivity contribution is -0.148. The Morgan fingerprint density at radius 1 is 1.71 bits per heavy atom. The normalized spacial score (nSPS) is 42.3. The van der Waals surface area contributed by atoms with Gasteiger partial charge in [0.2, 0.25) is 5.91 Å². The summed E-state index contributed by atoms with van der Waals surface area (Å²) in [6.07, 6.45) is 3.19. The first kappa shape index (κ1) is 11.1. The summed E-state index contributed by atoms with van der Waals surface area (Å²) in [6, 6.07) is 0. The molecule has 0 aliphatic carbocycles. The minimum Gasteiger partial charge on any atom is -0.481 e. The van der Waals surface area contributed by atoms with Crippen LogP contribution < -0.4 is 0 Å². The minimum atomic E-state index is -0.952. The molecule has 1 spiro atoms. The maximum absolute atomic E-state index is 12.2. The summed E-state index contributed by atoms with van der Waals surface area (Å²) in [5.41, 5.74) is -0.701. The number of aliphatic carboxylic acids is 1. The van der Waals surface area contributed by atoms with E-state index in [9.17, 15) is 14.7 Å². The molecule has 1 N–H and O–H groups in total. The van der Waals surface area contributed by atoms with Crippen LogP contribution in [0.2, 0.25) is 0 Å². The molecule has 0 radical (unpaired) electrons. The highest BCUT2D eigenvalue weighted by Gasteiger charge is 2.66. The molecule has 0 aromatic carbocycles. The molecule has 17 heavy (non-hydrogen) atoms. The molecule has 3 heterocycles. The molecule has 3 aliphatic heterocycles. The van der Waals surface area contributed by atoms with Crippen molar-refractivity contribution in [1.29, 1.82) is 0 Å². The maximum Gasteiger partial charge on any atom is 0.310 e. The van der Waals surface area contributed by atoms with E-state index in [1.807, 2.05) is 6.08 Å². The van der Waals surface area contributed by atoms with Gasteiger partial charge in [0.25, 0.3) is 0 Å². The third kappa shape index (κ3) is 1.31. The van der Waals surface area contributed by atoms with Gasteiger partial charge in [-0.25, -0.2) is 0 Å². The van der Waals surface area contributed by atoms with Crippen LogP contribution in [0.15, 0.2) is 12.2 Å². The van der Waals surface area contributed by atoms with Gasteiger partial charge in [-0.2, -0.15) is 12.6 Å². The van der Waals surface area contributed by atoms with Gasteiger partial charge in [-0.05, 0) is 0 Å². The molecule has 0 saturated carbocycles. The highest BCUT2D eigenvalue weighted by molar-refractivity contribution is 7.80. The van der Waals surface area contributed by atoms with E-state index in [1.165, 1.54) is 0 Å². The number of carbonyl (C=O) groups is 2. The van der Waals surface area contributed by atoms with Crippen LogP contribution in [0.5, 0.6) is 0 Å². The molecule has 0 aromatic heterocycles. The summed E-state index contributed by atoms with van der Waals surface area (Å²) in [7, 11) is 0. The van der Waals surface area contributed by atoms with Gasteiger partial charge in [0.15, 0.2) is 0 Å². The van der Waals surface area contributed by atoms with E-state index in [4.69, 9.17) is 4.74 Å². The first-order valence-corrected chi connectivity index (χ1v) is 6.22. The van der Waals surface area contributed by atoms with Crippen molar-refractivity contribution < 1.29 is 19.4 Å². The Hall–Kier alpha value is -1.01. The van der Waals surface area contributed by atoms with Gasteiger partial charge < -0.3 is 14.7 Å². The zero-order valence-electron chi connectivity index (χ0n) is 9.07. The second-order valence-corrected chi connectivity index (χ2v) is 5.17. The van der Waals surface area contributed by atoms with E-state index < -0.39 is 29.5 Å². The number of likely N-dealkylation sites (tertiary alicyclic amines) is 1. The Morgan fingerprint density at radius 3 is 3.12 bits per heavy atom. The van der Waals surface area contributed by atoms with Crippen molar-refractivity contribution in [2.24, 2.45) is 11.8 Å². The predicted octanol–water partition coefficient (Wildman–Crippen LogP) is -0.217. The fraction of sp³-hybridized carbons (Fsp3) is 0.636. The van der Waals surface area contributed by atoms with Crippen molar-refractivity contribution in [2.75, 3.05) is 18.8 Å². The van der Waals surface area contributed by atoms with E-state index in [-0.39, 0.29) is 5.91 Å². The first-order chi connectivity index (χ1) is 8.09. The molecule has 92 valence electrons. The van der Waals surface area contributed by atoms with Crippen LogP contribution in [-0.4, -0.2) is 52.4 Å². The molecular formula is C11H13NO4S. The van der Waals surface area contributed by atoms with Gasteiger partial charge in [-0.3, -0.25) is 9.59 Å². The second kappa shape index (κ2) is 3.49. The Labute approximate surface area is 104 Å². The number of rotatable bonds is 3. The number of fused-ring (bicyclic) bond motifs is 1. The van der Waals surface area contributed by atoms with E-state index in [1.54, 1.807) is 11.0 Å². The number of ether oxygens (including phenoxy) is 1. The van der Waals surface area contributed by atoms with E-state index in [2.05, 4.69) is 12.6 Å². The van der Waals surface area contributed by atoms with Crippen molar-refractivity contribution >= 4 is 24.5 Å². The Bertz CT molecular complexity index is 424. The summed E-state index contributed by atoms with van der Waals surface area (Å²) in [6.45, 7) is 0.988. The summed E-state index contributed by atoms with van der Waals surface area (Å²) < 4.78 is 5.73. The van der Waals surface area contributed by atoms with Gasteiger partial charge in [0.05, 0.1) is 18.6 Å². The molecule has 4 unspecified atom stereocenters. The number of amides is 1. The predicted molar refractivity (Wildman–Crippen MR) is 61.8 cm³/mol. The van der Waals surface area contributed by atoms with Crippen molar-refractivity contribution in [2.45, 2.75) is 11.7 Å². The number of carboxylic acids is 1. The summed E-state index contributed by atoms with van der Waals surface area (Å²) in [5, 5.41) is 9.21. The molecule has 2 fully saturated rings. The molecule has 0 aromatic rings. The van der Waals surface area contributed by atoms with Crippen LogP contribution in [0.25, 0.3) is 0 Å². The number of hydrogen-bond donors (Lipinski definition) is 2. The minimum absolute atomic E-state index is 0.113. The van der Waals surface area contributed by atoms with Gasteiger partial charge >= 0.3 is 5.97 Å². The number of carboxylic acid groups (broad SMARTS) is 1. The highest BCUT2D eigenvalue weighted by atomic mass is 32.1. The standard InChI is InChI=1S/C11H13NO4S/c13-9-8-7(10(14)15)6-1-2-11(8,16-6)5-12(9)3-4-17/h1-2,6-8,17H,3-5H2,(H,14,15). The van der Waals surface area contributed by atoms with Crippen LogP contribution in [0.4, 0.5) is 0 Å². The Balaban J connectivity index is 1.96. The molecule has 2 bridgehead atoms. The van der Waals surface area contributed by atoms with E-state index in [0.717, 1.165) is 0 Å². The first-order valence-electron chi connectivity index (χ1n) is 5.59. The Morgan fingerprint density at radius 2 is 2.47 bits per heavy atom. The number of carbonyl (C=O) groups excluding carboxylic acids is 1. The molecule has 1 amide bonds. The van der Waals surface area contributed by atoms with Crippen molar-refractivity contribution in [1.82, 2.24) is 4.90 Å². The van der Waals surface area contributed by atoms with Crippen molar-refractivity contribution in [3.05, 3.63) is 12.2 Å². The molecule has 4 atom stereocenters. The van der Waals surface area contributed by atoms with Crippen molar-refractivity contribution in [3.8, 4) is 0 Å². The molecular weight excluding hydrogens is 242 g/mol. The lowest BCUT2D eigenvalue weighted by Gasteiger charge is -2.21. The van der Waals surface area contributed by atoms with Gasteiger partial charge in [0, 0.05) is 12.3 Å². The fourth-order valence-electron chi connectivity index (χ4n) is 3.17. The second-order valence-electron chi connectivity index (χ2n) is 4.72. The average Bonchev–Trinajstić information content (AvgIpc) is 2.88. The smallest absolute Gasteiger partial charge is 0.310 e. The number of thiol groups is 1. The van der Waals surface area contributed by atoms with Crippen LogP contribution in [0, 0.1) is 11.8 Å². The zero-order chi connectivity index (χ0) is 12.2. The third-order valence-corrected chi connectivity index (χ3v) is 4.03. The quantitative estimate of drug-likeness (QED) is 0.540. The number of nitrogens with zero attached hydrogens (tertiary/aromatic N) is 1. The Kier molecular flexibility index (Phi) is 2.28. The van der Waals surface area contributed by atoms with Gasteiger partial charge in [0.1, 0.15) is 11.5 Å². The SMILES string of the molecule is O=C(O)C1C2C=CC3(CN(CCS)C(=O)C13)O2. The number of hydrogen-bond acceptors (Lipinski definition) is 4. The molecule has 3 aliphatic rings. The molecule has 3 rings (SSSR count). The summed E-state index contributed by atoms with van der Waals surface area (Å²) in [5.74, 6) is -1.79. The maximum atomic E-state index is 12.2. The zero-order valence-corrected chi connectivity index (χ0v) is 9.97. The van der Waals surface area contributed by atoms with Crippen molar-refractivity contribution in [3.63, 3.8) is 0 Å². The van der Waals surface area contributed by atoms with E-state index in [0.29, 0.717) is 18.8 Å². The summed E-state index contributed by atoms with van der Waals surface area (Å²) >= 11 is 4.10. The van der Waals surface area contributed by atoms with Gasteiger partial charge in [-0.1, -0.05) is 12.2 Å². The van der Waals surface area contributed by atoms with Gasteiger partial charge in [-0.15, -0.1) is 0 Å². The molecule has 6 heteroatoms. The largest absolute Gasteiger partial charge is 0.481 e. The van der Waals surface area contributed by atoms with Crippen LogP contribution in [0.3, 0.4) is 0 Å². The lowest BCUT2D eigenvalue weighted by atomic mass is 9.77. The van der Waals surface area contributed by atoms with E-state index >= 15 is 0 Å². The summed E-state index contributed by atoms with van der Waals surface area (Å²) in [4.78, 5) is 25.1. The third-order valence-electron chi connectivity index (χ3n) is 3.83. The average molecular weight is 255 g/mol. The molecule has 2 saturated heterocycles. The van der Waals surface area contributed by atoms with Crippen LogP contribution >= 0.6 is 12.6 Å². The van der Waals surface area contributed by atoms with Crippen LogP contribution in [-0.2, 0) is 14.3 Å². The highest BCUT2D eigenvalue weighted by Crippen LogP contribution is 2.51. The lowest BCUT2D eigenvalue weighted by Crippen LogP contribution is -2.39. The monoisotopic (exact) mass is 255 g/mol. The fourth-order valence-corrected chi connectivity index (χ4v) is 3.41. The molecule has 5 nitrogen and oxygen atoms in total. The van der Waals surface area contributed by atoms with Crippen LogP contribution in [0.1, 0.15) is 0 Å².